The van der Waals surface area contributed by atoms with Crippen LogP contribution in [0.1, 0.15) is 56.5 Å². The van der Waals surface area contributed by atoms with E-state index >= 15 is 0 Å². The molecule has 0 N–H and O–H groups in total. The fourth-order valence-electron chi connectivity index (χ4n) is 0.150. The summed E-state index contributed by atoms with van der Waals surface area (Å²) in [6.45, 7) is -0.572. The lowest BCUT2D eigenvalue weighted by Crippen LogP contribution is -1.71. The first-order valence-corrected chi connectivity index (χ1v) is 1.95. The van der Waals surface area contributed by atoms with E-state index in [1.54, 1.807) is 0 Å². The van der Waals surface area contributed by atoms with E-state index in [4.69, 9.17) is 17.8 Å². The topological polar surface area (TPSA) is 0 Å². The van der Waals surface area contributed by atoms with Gasteiger partial charge in [-0.1, -0.05) is 32.0 Å². The summed E-state index contributed by atoms with van der Waals surface area (Å²) in [4.78, 5) is 0. The Hall–Kier alpha value is -0.260. The third-order valence-electron chi connectivity index (χ3n) is 0.362. The molecule has 0 bridgehead atoms. The monoisotopic (exact) mass is 125 g/mol. The van der Waals surface area contributed by atoms with Gasteiger partial charge >= 0.3 is 0 Å². The number of allylic oxidation sites excluding steroid dienone is 1. The van der Waals surface area contributed by atoms with Crippen LogP contribution in [0.2, 0.25) is 0 Å². The first-order valence-electron chi connectivity index (χ1n) is 8.45. The van der Waals surface area contributed by atoms with Crippen molar-refractivity contribution in [1.82, 2.24) is 0 Å². The van der Waals surface area contributed by atoms with E-state index in [1.807, 2.05) is 0 Å². The molecule has 0 aliphatic carbocycles. The van der Waals surface area contributed by atoms with Crippen molar-refractivity contribution in [2.45, 2.75) is 38.7 Å². The lowest BCUT2D eigenvalue weighted by molar-refractivity contribution is 0.675. The van der Waals surface area contributed by atoms with Crippen molar-refractivity contribution >= 4 is 0 Å². The molecular formula is C8H16. The zero-order valence-corrected chi connectivity index (χ0v) is 4.28. The van der Waals surface area contributed by atoms with E-state index in [0.717, 1.165) is 0 Å². The quantitative estimate of drug-likeness (QED) is 0.495. The van der Waals surface area contributed by atoms with Gasteiger partial charge in [-0.2, -0.15) is 0 Å². The van der Waals surface area contributed by atoms with Crippen LogP contribution in [0.4, 0.5) is 0 Å². The van der Waals surface area contributed by atoms with E-state index in [1.165, 1.54) is 0 Å². The Morgan fingerprint density at radius 2 is 2.50 bits per heavy atom. The van der Waals surface area contributed by atoms with Crippen molar-refractivity contribution in [2.75, 3.05) is 0 Å². The summed E-state index contributed by atoms with van der Waals surface area (Å²) in [7, 11) is 0. The van der Waals surface area contributed by atoms with Gasteiger partial charge in [-0.15, -0.1) is 6.58 Å². The molecule has 0 aromatic heterocycles. The highest BCUT2D eigenvalue weighted by molar-refractivity contribution is 4.64. The Bertz CT molecular complexity index is 401. The molecule has 0 amide bonds. The second-order valence-electron chi connectivity index (χ2n) is 0.848. The Morgan fingerprint density at radius 3 is 3.12 bits per heavy atom. The molecule has 0 saturated heterocycles. The molecule has 0 heterocycles. The van der Waals surface area contributed by atoms with Crippen LogP contribution in [-0.2, 0) is 0 Å². The third kappa shape index (κ3) is 5.74. The second kappa shape index (κ2) is 6.74. The highest BCUT2D eigenvalue weighted by Gasteiger charge is 1.81. The molecule has 0 unspecified atom stereocenters. The van der Waals surface area contributed by atoms with Gasteiger partial charge in [0.25, 0.3) is 0 Å². The van der Waals surface area contributed by atoms with Crippen LogP contribution >= 0.6 is 0 Å². The van der Waals surface area contributed by atoms with Crippen LogP contribution in [0.3, 0.4) is 0 Å². The number of hydrogen-bond acceptors (Lipinski definition) is 0. The van der Waals surface area contributed by atoms with Gasteiger partial charge in [0, 0.05) is 17.8 Å². The predicted molar refractivity (Wildman–Crippen MR) is 39.0 cm³/mol. The zero-order valence-electron chi connectivity index (χ0n) is 17.3. The average Bonchev–Trinajstić information content (AvgIpc) is 2.26. The molecule has 8 heavy (non-hydrogen) atoms. The molecular weight excluding hydrogens is 96.1 g/mol. The maximum Gasteiger partial charge on any atom is 0.0310 e. The van der Waals surface area contributed by atoms with Crippen LogP contribution in [0.25, 0.3) is 0 Å². The smallest absolute Gasteiger partial charge is 0.0310 e. The maximum atomic E-state index is 7.57. The average molecular weight is 125 g/mol. The van der Waals surface area contributed by atoms with E-state index in [2.05, 4.69) is 6.58 Å². The van der Waals surface area contributed by atoms with Gasteiger partial charge in [0.15, 0.2) is 0 Å². The lowest BCUT2D eigenvalue weighted by atomic mass is 10.2. The van der Waals surface area contributed by atoms with Gasteiger partial charge in [-0.3, -0.25) is 0 Å². The van der Waals surface area contributed by atoms with E-state index in [9.17, 15) is 0 Å². The molecule has 0 nitrogen and oxygen atoms in total. The highest BCUT2D eigenvalue weighted by atomic mass is 13.9. The van der Waals surface area contributed by atoms with E-state index < -0.39 is 38.7 Å². The standard InChI is InChI=1S/C8H16/c1-3-5-7-8-6-4-2/h3H,1,4-8H2,2H3/i2D3,4D2,5D2,6D2,7D2,8D2. The van der Waals surface area contributed by atoms with Crippen LogP contribution in [0.5, 0.6) is 0 Å². The van der Waals surface area contributed by atoms with Crippen molar-refractivity contribution in [3.05, 3.63) is 12.7 Å². The van der Waals surface area contributed by atoms with Gasteiger partial charge in [0.2, 0.25) is 0 Å². The van der Waals surface area contributed by atoms with Crippen LogP contribution in [0.15, 0.2) is 12.7 Å². The molecule has 0 heteroatoms. The summed E-state index contributed by atoms with van der Waals surface area (Å²) >= 11 is 0. The Kier molecular flexibility index (Phi) is 0.760. The van der Waals surface area contributed by atoms with Gasteiger partial charge in [0.1, 0.15) is 0 Å². The van der Waals surface area contributed by atoms with E-state index in [0.29, 0.717) is 6.08 Å². The fourth-order valence-corrected chi connectivity index (χ4v) is 0.150. The minimum atomic E-state index is -3.84. The molecule has 0 rings (SSSR count). The van der Waals surface area contributed by atoms with Crippen LogP contribution in [0, 0.1) is 0 Å². The molecule has 0 aromatic rings. The first-order chi connectivity index (χ1) is 8.81. The minimum absolute atomic E-state index is 0.422. The largest absolute Gasteiger partial charge is 0.103 e. The zero-order chi connectivity index (χ0) is 17.7. The summed E-state index contributed by atoms with van der Waals surface area (Å²) in [5.74, 6) is 0. The van der Waals surface area contributed by atoms with Gasteiger partial charge < -0.3 is 0 Å². The Morgan fingerprint density at radius 1 is 1.62 bits per heavy atom. The minimum Gasteiger partial charge on any atom is -0.103 e. The highest BCUT2D eigenvalue weighted by Crippen LogP contribution is 2.01. The molecule has 0 aliphatic rings. The van der Waals surface area contributed by atoms with Crippen molar-refractivity contribution in [1.29, 1.82) is 0 Å². The van der Waals surface area contributed by atoms with Crippen molar-refractivity contribution in [2.24, 2.45) is 0 Å². The van der Waals surface area contributed by atoms with Gasteiger partial charge in [-0.05, 0) is 12.7 Å². The summed E-state index contributed by atoms with van der Waals surface area (Å²) in [6, 6.07) is 0. The molecule has 0 saturated carbocycles. The molecule has 48 valence electrons. The van der Waals surface area contributed by atoms with Crippen molar-refractivity contribution in [3.63, 3.8) is 0 Å². The first kappa shape index (κ1) is 0.902. The summed E-state index contributed by atoms with van der Waals surface area (Å²) in [6.07, 6.45) is -17.6. The molecule has 0 spiro atoms. The second-order valence-corrected chi connectivity index (χ2v) is 0.848. The van der Waals surface area contributed by atoms with Gasteiger partial charge in [0.05, 0.1) is 0 Å². The third-order valence-corrected chi connectivity index (χ3v) is 0.362. The fraction of sp³-hybridized carbons (Fsp3) is 0.750. The number of hydrogen-bond donors (Lipinski definition) is 0. The van der Waals surface area contributed by atoms with Crippen molar-refractivity contribution < 1.29 is 17.8 Å². The summed E-state index contributed by atoms with van der Waals surface area (Å²) in [5, 5.41) is 0. The Balaban J connectivity index is 6.20. The summed E-state index contributed by atoms with van der Waals surface area (Å²) in [5.41, 5.74) is 0. The molecule has 0 fully saturated rings. The SMILES string of the molecule is [2H]C([2H])([2H])C([2H])([2H])C([2H])([2H])C([2H])([2H])C([2H])([2H])C([2H])([2H])C=C. The molecule has 0 radical (unpaired) electrons. The molecule has 0 aliphatic heterocycles. The normalized spacial score (nSPS) is 43.8. The van der Waals surface area contributed by atoms with Crippen molar-refractivity contribution in [3.8, 4) is 0 Å². The lowest BCUT2D eigenvalue weighted by Gasteiger charge is -1.91. The van der Waals surface area contributed by atoms with Gasteiger partial charge in [-0.25, -0.2) is 0 Å². The number of rotatable bonds is 5. The van der Waals surface area contributed by atoms with Crippen LogP contribution < -0.4 is 0 Å². The Labute approximate surface area is 70.9 Å². The molecule has 0 atom stereocenters. The summed E-state index contributed by atoms with van der Waals surface area (Å²) < 4.78 is 95.6. The predicted octanol–water partition coefficient (Wildman–Crippen LogP) is 3.14. The maximum absolute atomic E-state index is 7.57. The van der Waals surface area contributed by atoms with E-state index in [-0.39, 0.29) is 0 Å². The van der Waals surface area contributed by atoms with Crippen LogP contribution in [-0.4, -0.2) is 0 Å². The molecule has 0 aromatic carbocycles.